The van der Waals surface area contributed by atoms with Crippen LogP contribution in [0.1, 0.15) is 5.69 Å². The van der Waals surface area contributed by atoms with Gasteiger partial charge < -0.3 is 5.32 Å². The van der Waals surface area contributed by atoms with E-state index in [0.717, 1.165) is 11.3 Å². The van der Waals surface area contributed by atoms with Crippen molar-refractivity contribution in [2.24, 2.45) is 0 Å². The SMILES string of the molecule is O=C(Cc1cn(-c2ccc(Cl)cc2)c(-c2ccccc2Cl)n1)Nc1cccnc1. The highest BCUT2D eigenvalue weighted by atomic mass is 35.5. The fourth-order valence-electron chi connectivity index (χ4n) is 2.95. The lowest BCUT2D eigenvalue weighted by molar-refractivity contribution is -0.115. The largest absolute Gasteiger partial charge is 0.324 e. The molecule has 5 nitrogen and oxygen atoms in total. The van der Waals surface area contributed by atoms with Gasteiger partial charge in [0.15, 0.2) is 0 Å². The molecule has 144 valence electrons. The Hall–Kier alpha value is -3.15. The highest BCUT2D eigenvalue weighted by molar-refractivity contribution is 6.33. The zero-order valence-electron chi connectivity index (χ0n) is 15.2. The minimum Gasteiger partial charge on any atom is -0.324 e. The van der Waals surface area contributed by atoms with E-state index in [1.165, 1.54) is 0 Å². The van der Waals surface area contributed by atoms with Crippen molar-refractivity contribution in [1.82, 2.24) is 14.5 Å². The van der Waals surface area contributed by atoms with E-state index in [1.54, 1.807) is 24.5 Å². The number of pyridine rings is 1. The van der Waals surface area contributed by atoms with Crippen molar-refractivity contribution in [3.63, 3.8) is 0 Å². The lowest BCUT2D eigenvalue weighted by atomic mass is 10.2. The molecular formula is C22H16Cl2N4O. The summed E-state index contributed by atoms with van der Waals surface area (Å²) in [4.78, 5) is 21.1. The van der Waals surface area contributed by atoms with Crippen LogP contribution in [0, 0.1) is 0 Å². The first-order valence-corrected chi connectivity index (χ1v) is 9.65. The van der Waals surface area contributed by atoms with Gasteiger partial charge in [0.25, 0.3) is 0 Å². The molecule has 29 heavy (non-hydrogen) atoms. The van der Waals surface area contributed by atoms with Gasteiger partial charge in [-0.2, -0.15) is 0 Å². The molecule has 2 aromatic carbocycles. The summed E-state index contributed by atoms with van der Waals surface area (Å²) >= 11 is 12.4. The average Bonchev–Trinajstić information content (AvgIpc) is 3.13. The smallest absolute Gasteiger partial charge is 0.230 e. The van der Waals surface area contributed by atoms with Crippen molar-refractivity contribution in [3.8, 4) is 17.1 Å². The van der Waals surface area contributed by atoms with E-state index >= 15 is 0 Å². The molecule has 4 rings (SSSR count). The van der Waals surface area contributed by atoms with Crippen molar-refractivity contribution >= 4 is 34.8 Å². The molecule has 0 radical (unpaired) electrons. The summed E-state index contributed by atoms with van der Waals surface area (Å²) in [5.41, 5.74) is 2.91. The summed E-state index contributed by atoms with van der Waals surface area (Å²) in [5.74, 6) is 0.478. The van der Waals surface area contributed by atoms with Gasteiger partial charge in [0.2, 0.25) is 5.91 Å². The standard InChI is InChI=1S/C22H16Cl2N4O/c23-15-7-9-18(10-8-15)28-14-17(12-21(29)26-16-4-3-11-25-13-16)27-22(28)19-5-1-2-6-20(19)24/h1-11,13-14H,12H2,(H,26,29). The third-order valence-corrected chi connectivity index (χ3v) is 4.84. The van der Waals surface area contributed by atoms with Gasteiger partial charge in [-0.15, -0.1) is 0 Å². The molecule has 2 heterocycles. The fraction of sp³-hybridized carbons (Fsp3) is 0.0455. The quantitative estimate of drug-likeness (QED) is 0.466. The lowest BCUT2D eigenvalue weighted by Gasteiger charge is -2.09. The molecule has 1 amide bonds. The number of carbonyl (C=O) groups is 1. The maximum Gasteiger partial charge on any atom is 0.230 e. The fourth-order valence-corrected chi connectivity index (χ4v) is 3.30. The number of anilines is 1. The number of carbonyl (C=O) groups excluding carboxylic acids is 1. The zero-order valence-corrected chi connectivity index (χ0v) is 16.7. The molecule has 0 aliphatic carbocycles. The second-order valence-electron chi connectivity index (χ2n) is 6.35. The Labute approximate surface area is 178 Å². The second kappa shape index (κ2) is 8.47. The van der Waals surface area contributed by atoms with Gasteiger partial charge in [-0.25, -0.2) is 4.98 Å². The number of halogens is 2. The first-order valence-electron chi connectivity index (χ1n) is 8.89. The van der Waals surface area contributed by atoms with Crippen LogP contribution < -0.4 is 5.32 Å². The summed E-state index contributed by atoms with van der Waals surface area (Å²) in [6, 6.07) is 18.4. The van der Waals surface area contributed by atoms with Crippen LogP contribution in [0.5, 0.6) is 0 Å². The molecule has 0 atom stereocenters. The van der Waals surface area contributed by atoms with Crippen LogP contribution in [0.3, 0.4) is 0 Å². The minimum atomic E-state index is -0.176. The van der Waals surface area contributed by atoms with Crippen molar-refractivity contribution in [2.45, 2.75) is 6.42 Å². The number of aromatic nitrogens is 3. The average molecular weight is 423 g/mol. The van der Waals surface area contributed by atoms with E-state index in [9.17, 15) is 4.79 Å². The van der Waals surface area contributed by atoms with E-state index in [1.807, 2.05) is 59.3 Å². The van der Waals surface area contributed by atoms with Crippen molar-refractivity contribution in [1.29, 1.82) is 0 Å². The molecule has 0 saturated carbocycles. The lowest BCUT2D eigenvalue weighted by Crippen LogP contribution is -2.14. The van der Waals surface area contributed by atoms with Crippen LogP contribution in [0.15, 0.2) is 79.3 Å². The van der Waals surface area contributed by atoms with Crippen LogP contribution in [-0.2, 0) is 11.2 Å². The van der Waals surface area contributed by atoms with Crippen molar-refractivity contribution < 1.29 is 4.79 Å². The van der Waals surface area contributed by atoms with Gasteiger partial charge >= 0.3 is 0 Å². The van der Waals surface area contributed by atoms with E-state index in [0.29, 0.717) is 27.3 Å². The number of benzene rings is 2. The Morgan fingerprint density at radius 3 is 2.52 bits per heavy atom. The van der Waals surface area contributed by atoms with Crippen LogP contribution in [0.25, 0.3) is 17.1 Å². The topological polar surface area (TPSA) is 59.8 Å². The summed E-state index contributed by atoms with van der Waals surface area (Å²) in [7, 11) is 0. The number of hydrogen-bond donors (Lipinski definition) is 1. The summed E-state index contributed by atoms with van der Waals surface area (Å²) < 4.78 is 1.91. The Morgan fingerprint density at radius 2 is 1.79 bits per heavy atom. The molecule has 0 unspecified atom stereocenters. The Bertz CT molecular complexity index is 1140. The minimum absolute atomic E-state index is 0.118. The number of rotatable bonds is 5. The van der Waals surface area contributed by atoms with Crippen LogP contribution >= 0.6 is 23.2 Å². The third-order valence-electron chi connectivity index (χ3n) is 4.26. The van der Waals surface area contributed by atoms with Gasteiger partial charge in [0, 0.05) is 28.7 Å². The van der Waals surface area contributed by atoms with E-state index in [-0.39, 0.29) is 12.3 Å². The molecule has 2 aromatic heterocycles. The van der Waals surface area contributed by atoms with Crippen LogP contribution in [0.2, 0.25) is 10.0 Å². The van der Waals surface area contributed by atoms with E-state index in [2.05, 4.69) is 10.3 Å². The molecule has 0 bridgehead atoms. The third kappa shape index (κ3) is 4.47. The number of imidazole rings is 1. The maximum atomic E-state index is 12.5. The first-order chi connectivity index (χ1) is 14.1. The van der Waals surface area contributed by atoms with Crippen molar-refractivity contribution in [2.75, 3.05) is 5.32 Å². The van der Waals surface area contributed by atoms with Crippen LogP contribution in [0.4, 0.5) is 5.69 Å². The van der Waals surface area contributed by atoms with Gasteiger partial charge in [0.05, 0.1) is 29.0 Å². The number of nitrogens with zero attached hydrogens (tertiary/aromatic N) is 3. The Balaban J connectivity index is 1.69. The normalized spacial score (nSPS) is 10.7. The molecule has 4 aromatic rings. The van der Waals surface area contributed by atoms with Gasteiger partial charge in [-0.05, 0) is 48.5 Å². The van der Waals surface area contributed by atoms with Crippen LogP contribution in [-0.4, -0.2) is 20.4 Å². The van der Waals surface area contributed by atoms with Crippen molar-refractivity contribution in [3.05, 3.63) is 95.0 Å². The van der Waals surface area contributed by atoms with Gasteiger partial charge in [-0.1, -0.05) is 35.3 Å². The monoisotopic (exact) mass is 422 g/mol. The number of nitrogens with one attached hydrogen (secondary N) is 1. The molecule has 0 spiro atoms. The maximum absolute atomic E-state index is 12.5. The number of amides is 1. The summed E-state index contributed by atoms with van der Waals surface area (Å²) in [6.45, 7) is 0. The molecule has 0 aliphatic rings. The molecule has 0 fully saturated rings. The molecule has 0 saturated heterocycles. The molecule has 0 aliphatic heterocycles. The Morgan fingerprint density at radius 1 is 1.00 bits per heavy atom. The van der Waals surface area contributed by atoms with E-state index in [4.69, 9.17) is 28.2 Å². The summed E-state index contributed by atoms with van der Waals surface area (Å²) in [5, 5.41) is 4.05. The molecular weight excluding hydrogens is 407 g/mol. The summed E-state index contributed by atoms with van der Waals surface area (Å²) in [6.07, 6.45) is 5.20. The first kappa shape index (κ1) is 19.2. The van der Waals surface area contributed by atoms with E-state index < -0.39 is 0 Å². The Kier molecular flexibility index (Phi) is 5.60. The zero-order chi connectivity index (χ0) is 20.2. The highest BCUT2D eigenvalue weighted by Gasteiger charge is 2.16. The van der Waals surface area contributed by atoms with Gasteiger partial charge in [0.1, 0.15) is 5.82 Å². The molecule has 1 N–H and O–H groups in total. The predicted octanol–water partition coefficient (Wildman–Crippen LogP) is 5.42. The number of hydrogen-bond acceptors (Lipinski definition) is 3. The second-order valence-corrected chi connectivity index (χ2v) is 7.19. The highest BCUT2D eigenvalue weighted by Crippen LogP contribution is 2.29. The predicted molar refractivity (Wildman–Crippen MR) is 116 cm³/mol. The van der Waals surface area contributed by atoms with Gasteiger partial charge in [-0.3, -0.25) is 14.3 Å². The molecule has 7 heteroatoms.